The first kappa shape index (κ1) is 20.8. The van der Waals surface area contributed by atoms with Gasteiger partial charge in [0.2, 0.25) is 11.8 Å². The number of amides is 2. The summed E-state index contributed by atoms with van der Waals surface area (Å²) >= 11 is 0. The Morgan fingerprint density at radius 2 is 2.07 bits per heavy atom. The number of carboxylic acids is 1. The molecule has 1 saturated carbocycles. The first-order valence-electron chi connectivity index (χ1n) is 10.6. The molecular weight excluding hydrogens is 386 g/mol. The minimum absolute atomic E-state index is 0.0353. The molecule has 2 aliphatic heterocycles. The SMILES string of the molecule is CC1(C)[C@@H]2[C@@H](C(=O)O)N(C(=O)[C@H](Cc3ccncc3)NC(=O)C[C@H]3CCOC3)C[C@@H]21. The van der Waals surface area contributed by atoms with Gasteiger partial charge in [-0.15, -0.1) is 0 Å². The summed E-state index contributed by atoms with van der Waals surface area (Å²) in [5.74, 6) is -1.18. The van der Waals surface area contributed by atoms with Crippen LogP contribution >= 0.6 is 0 Å². The molecule has 0 bridgehead atoms. The van der Waals surface area contributed by atoms with E-state index in [-0.39, 0.29) is 35.0 Å². The van der Waals surface area contributed by atoms with E-state index in [4.69, 9.17) is 4.74 Å². The second-order valence-electron chi connectivity index (χ2n) is 9.34. The molecule has 5 atom stereocenters. The Balaban J connectivity index is 1.50. The molecule has 0 spiro atoms. The monoisotopic (exact) mass is 415 g/mol. The van der Waals surface area contributed by atoms with E-state index in [1.807, 2.05) is 0 Å². The molecule has 1 aromatic heterocycles. The molecular formula is C22H29N3O5. The molecule has 2 N–H and O–H groups in total. The summed E-state index contributed by atoms with van der Waals surface area (Å²) in [6.45, 7) is 5.75. The molecule has 0 radical (unpaired) electrons. The highest BCUT2D eigenvalue weighted by Crippen LogP contribution is 2.64. The summed E-state index contributed by atoms with van der Waals surface area (Å²) in [6.07, 6.45) is 4.73. The maximum absolute atomic E-state index is 13.4. The molecule has 2 saturated heterocycles. The van der Waals surface area contributed by atoms with Crippen LogP contribution in [0.15, 0.2) is 24.5 Å². The fourth-order valence-electron chi connectivity index (χ4n) is 5.21. The number of fused-ring (bicyclic) bond motifs is 1. The zero-order chi connectivity index (χ0) is 21.5. The normalized spacial score (nSPS) is 29.9. The quantitative estimate of drug-likeness (QED) is 0.690. The van der Waals surface area contributed by atoms with Crippen LogP contribution in [0, 0.1) is 23.2 Å². The Hall–Kier alpha value is -2.48. The average molecular weight is 415 g/mol. The Morgan fingerprint density at radius 3 is 2.70 bits per heavy atom. The number of carbonyl (C=O) groups excluding carboxylic acids is 2. The molecule has 162 valence electrons. The molecule has 30 heavy (non-hydrogen) atoms. The number of carboxylic acid groups (broad SMARTS) is 1. The zero-order valence-corrected chi connectivity index (χ0v) is 17.4. The minimum atomic E-state index is -0.974. The number of piperidine rings is 1. The van der Waals surface area contributed by atoms with Crippen LogP contribution in [0.5, 0.6) is 0 Å². The third-order valence-corrected chi connectivity index (χ3v) is 7.07. The zero-order valence-electron chi connectivity index (χ0n) is 17.4. The predicted octanol–water partition coefficient (Wildman–Crippen LogP) is 1.10. The molecule has 2 amide bonds. The van der Waals surface area contributed by atoms with Crippen LogP contribution in [-0.2, 0) is 25.5 Å². The van der Waals surface area contributed by atoms with Crippen molar-refractivity contribution in [2.45, 2.75) is 45.2 Å². The van der Waals surface area contributed by atoms with E-state index in [1.54, 1.807) is 24.5 Å². The van der Waals surface area contributed by atoms with Gasteiger partial charge in [0.25, 0.3) is 0 Å². The van der Waals surface area contributed by atoms with Crippen molar-refractivity contribution in [1.82, 2.24) is 15.2 Å². The lowest BCUT2D eigenvalue weighted by Gasteiger charge is -2.31. The largest absolute Gasteiger partial charge is 0.480 e. The van der Waals surface area contributed by atoms with Gasteiger partial charge in [-0.2, -0.15) is 0 Å². The van der Waals surface area contributed by atoms with Crippen molar-refractivity contribution in [3.8, 4) is 0 Å². The van der Waals surface area contributed by atoms with Crippen LogP contribution < -0.4 is 5.32 Å². The first-order valence-corrected chi connectivity index (χ1v) is 10.6. The molecule has 3 heterocycles. The van der Waals surface area contributed by atoms with Crippen LogP contribution in [0.25, 0.3) is 0 Å². The van der Waals surface area contributed by atoms with Crippen LogP contribution in [0.1, 0.15) is 32.3 Å². The van der Waals surface area contributed by atoms with Crippen molar-refractivity contribution in [3.05, 3.63) is 30.1 Å². The molecule has 0 aromatic carbocycles. The van der Waals surface area contributed by atoms with Crippen LogP contribution in [-0.4, -0.2) is 64.6 Å². The minimum Gasteiger partial charge on any atom is -0.480 e. The highest BCUT2D eigenvalue weighted by Gasteiger charge is 2.69. The van der Waals surface area contributed by atoms with Gasteiger partial charge in [-0.25, -0.2) is 4.79 Å². The summed E-state index contributed by atoms with van der Waals surface area (Å²) in [5.41, 5.74) is 0.802. The summed E-state index contributed by atoms with van der Waals surface area (Å²) in [6, 6.07) is 1.97. The number of rotatable bonds is 7. The van der Waals surface area contributed by atoms with E-state index < -0.39 is 18.1 Å². The summed E-state index contributed by atoms with van der Waals surface area (Å²) in [5, 5.41) is 12.7. The standard InChI is InChI=1S/C22H29N3O5/c1-22(2)15-11-25(19(18(15)22)21(28)29)20(27)16(9-13-3-6-23-7-4-13)24-17(26)10-14-5-8-30-12-14/h3-4,6-7,14-16,18-19H,5,8-12H2,1-2H3,(H,24,26)(H,28,29)/t14-,15+,16+,18+,19+/m1/s1. The second kappa shape index (κ2) is 7.98. The van der Waals surface area contributed by atoms with Crippen molar-refractivity contribution in [2.75, 3.05) is 19.8 Å². The molecule has 3 fully saturated rings. The highest BCUT2D eigenvalue weighted by atomic mass is 16.5. The molecule has 0 unspecified atom stereocenters. The second-order valence-corrected chi connectivity index (χ2v) is 9.34. The number of carbonyl (C=O) groups is 3. The van der Waals surface area contributed by atoms with Crippen molar-refractivity contribution in [3.63, 3.8) is 0 Å². The number of nitrogens with one attached hydrogen (secondary N) is 1. The van der Waals surface area contributed by atoms with Crippen LogP contribution in [0.3, 0.4) is 0 Å². The van der Waals surface area contributed by atoms with Crippen molar-refractivity contribution in [1.29, 1.82) is 0 Å². The van der Waals surface area contributed by atoms with E-state index in [2.05, 4.69) is 24.1 Å². The van der Waals surface area contributed by atoms with Gasteiger partial charge >= 0.3 is 5.97 Å². The van der Waals surface area contributed by atoms with Gasteiger partial charge in [-0.1, -0.05) is 13.8 Å². The number of pyridine rings is 1. The Morgan fingerprint density at radius 1 is 1.33 bits per heavy atom. The lowest BCUT2D eigenvalue weighted by Crippen LogP contribution is -2.54. The average Bonchev–Trinajstić information content (AvgIpc) is 3.14. The number of ether oxygens (including phenoxy) is 1. The Kier molecular flexibility index (Phi) is 5.53. The van der Waals surface area contributed by atoms with Gasteiger partial charge in [0, 0.05) is 50.9 Å². The molecule has 8 heteroatoms. The number of aliphatic carboxylic acids is 1. The van der Waals surface area contributed by atoms with Gasteiger partial charge in [0.1, 0.15) is 12.1 Å². The lowest BCUT2D eigenvalue weighted by molar-refractivity contribution is -0.151. The van der Waals surface area contributed by atoms with E-state index in [9.17, 15) is 19.5 Å². The molecule has 8 nitrogen and oxygen atoms in total. The molecule has 3 aliphatic rings. The molecule has 4 rings (SSSR count). The van der Waals surface area contributed by atoms with Crippen molar-refractivity contribution >= 4 is 17.8 Å². The van der Waals surface area contributed by atoms with Gasteiger partial charge in [0.05, 0.1) is 0 Å². The lowest BCUT2D eigenvalue weighted by atomic mass is 9.98. The number of hydrogen-bond acceptors (Lipinski definition) is 5. The number of aromatic nitrogens is 1. The number of hydrogen-bond donors (Lipinski definition) is 2. The van der Waals surface area contributed by atoms with Gasteiger partial charge in [-0.3, -0.25) is 14.6 Å². The Bertz CT molecular complexity index is 821. The van der Waals surface area contributed by atoms with Crippen LogP contribution in [0.2, 0.25) is 0 Å². The summed E-state index contributed by atoms with van der Waals surface area (Å²) in [7, 11) is 0. The van der Waals surface area contributed by atoms with Crippen molar-refractivity contribution < 1.29 is 24.2 Å². The number of likely N-dealkylation sites (tertiary alicyclic amines) is 1. The van der Waals surface area contributed by atoms with E-state index in [0.717, 1.165) is 12.0 Å². The molecule has 1 aliphatic carbocycles. The maximum atomic E-state index is 13.4. The third kappa shape index (κ3) is 3.93. The maximum Gasteiger partial charge on any atom is 0.326 e. The smallest absolute Gasteiger partial charge is 0.326 e. The van der Waals surface area contributed by atoms with Crippen molar-refractivity contribution in [2.24, 2.45) is 23.2 Å². The highest BCUT2D eigenvalue weighted by molar-refractivity contribution is 5.92. The van der Waals surface area contributed by atoms with Gasteiger partial charge in [0.15, 0.2) is 0 Å². The van der Waals surface area contributed by atoms with Gasteiger partial charge < -0.3 is 20.1 Å². The summed E-state index contributed by atoms with van der Waals surface area (Å²) < 4.78 is 5.34. The van der Waals surface area contributed by atoms with Crippen LogP contribution in [0.4, 0.5) is 0 Å². The fourth-order valence-corrected chi connectivity index (χ4v) is 5.21. The first-order chi connectivity index (χ1) is 14.3. The topological polar surface area (TPSA) is 109 Å². The number of nitrogens with zero attached hydrogens (tertiary/aromatic N) is 2. The predicted molar refractivity (Wildman–Crippen MR) is 107 cm³/mol. The van der Waals surface area contributed by atoms with Gasteiger partial charge in [-0.05, 0) is 41.4 Å². The molecule has 1 aromatic rings. The third-order valence-electron chi connectivity index (χ3n) is 7.07. The van der Waals surface area contributed by atoms with E-state index in [0.29, 0.717) is 32.6 Å². The van der Waals surface area contributed by atoms with E-state index >= 15 is 0 Å². The Labute approximate surface area is 176 Å². The summed E-state index contributed by atoms with van der Waals surface area (Å²) in [4.78, 5) is 43.5. The fraction of sp³-hybridized carbons (Fsp3) is 0.636. The van der Waals surface area contributed by atoms with E-state index in [1.165, 1.54) is 4.90 Å².